The molecule has 0 saturated carbocycles. The van der Waals surface area contributed by atoms with Crippen molar-refractivity contribution in [2.24, 2.45) is 0 Å². The maximum atomic E-state index is 10.5. The van der Waals surface area contributed by atoms with Gasteiger partial charge in [0.05, 0.1) is 0 Å². The Morgan fingerprint density at radius 2 is 1.70 bits per heavy atom. The van der Waals surface area contributed by atoms with Gasteiger partial charge in [-0.05, 0) is 0 Å². The summed E-state index contributed by atoms with van der Waals surface area (Å²) in [6.45, 7) is 0. The minimum Gasteiger partial charge on any atom is -0.282 e. The number of thiol groups is 1. The third-order valence-corrected chi connectivity index (χ3v) is 1.28. The maximum absolute atomic E-state index is 10.5. The SMILES string of the molecule is O=C(S)c1ccccc1.[Ti]. The van der Waals surface area contributed by atoms with Crippen molar-refractivity contribution in [3.05, 3.63) is 35.9 Å². The van der Waals surface area contributed by atoms with Crippen molar-refractivity contribution in [1.29, 1.82) is 0 Å². The second-order valence-corrected chi connectivity index (χ2v) is 2.08. The Morgan fingerprint density at radius 1 is 1.20 bits per heavy atom. The van der Waals surface area contributed by atoms with Crippen molar-refractivity contribution in [2.75, 3.05) is 0 Å². The number of carbonyl (C=O) groups excluding carboxylic acids is 1. The monoisotopic (exact) mass is 186 g/mol. The molecule has 0 amide bonds. The smallest absolute Gasteiger partial charge is 0.216 e. The topological polar surface area (TPSA) is 17.1 Å². The van der Waals surface area contributed by atoms with E-state index in [1.807, 2.05) is 18.2 Å². The Bertz CT molecular complexity index is 210. The number of carbonyl (C=O) groups is 1. The molecule has 0 fully saturated rings. The first-order valence-corrected chi connectivity index (χ1v) is 3.04. The van der Waals surface area contributed by atoms with E-state index in [2.05, 4.69) is 12.6 Å². The standard InChI is InChI=1S/C7H6OS.Ti/c8-7(9)6-4-2-1-3-5-6;/h1-5H,(H,8,9);. The summed E-state index contributed by atoms with van der Waals surface area (Å²) < 4.78 is 0. The van der Waals surface area contributed by atoms with Crippen molar-refractivity contribution in [1.82, 2.24) is 0 Å². The minimum absolute atomic E-state index is 0. The Balaban J connectivity index is 0.000000810. The predicted molar refractivity (Wildman–Crippen MR) is 39.8 cm³/mol. The van der Waals surface area contributed by atoms with Crippen molar-refractivity contribution in [2.45, 2.75) is 0 Å². The second-order valence-electron chi connectivity index (χ2n) is 1.67. The van der Waals surface area contributed by atoms with Gasteiger partial charge < -0.3 is 0 Å². The maximum Gasteiger partial charge on any atom is 0.216 e. The van der Waals surface area contributed by atoms with E-state index in [0.29, 0.717) is 5.56 Å². The van der Waals surface area contributed by atoms with Crippen molar-refractivity contribution in [3.8, 4) is 0 Å². The molecule has 0 aromatic heterocycles. The van der Waals surface area contributed by atoms with Gasteiger partial charge in [-0.2, -0.15) is 0 Å². The quantitative estimate of drug-likeness (QED) is 0.522. The molecule has 1 aromatic carbocycles. The van der Waals surface area contributed by atoms with Crippen LogP contribution in [0.5, 0.6) is 0 Å². The Labute approximate surface area is 80.1 Å². The summed E-state index contributed by atoms with van der Waals surface area (Å²) >= 11 is 3.65. The van der Waals surface area contributed by atoms with Crippen LogP contribution in [-0.4, -0.2) is 5.12 Å². The normalized spacial score (nSPS) is 8.10. The van der Waals surface area contributed by atoms with E-state index in [0.717, 1.165) is 0 Å². The molecule has 1 rings (SSSR count). The molecule has 0 N–H and O–H groups in total. The number of benzene rings is 1. The third kappa shape index (κ3) is 2.69. The Morgan fingerprint density at radius 3 is 2.00 bits per heavy atom. The summed E-state index contributed by atoms with van der Waals surface area (Å²) in [5.74, 6) is 0. The molecule has 0 aliphatic carbocycles. The van der Waals surface area contributed by atoms with Gasteiger partial charge in [-0.3, -0.25) is 4.79 Å². The van der Waals surface area contributed by atoms with E-state index in [4.69, 9.17) is 0 Å². The molecule has 0 heterocycles. The summed E-state index contributed by atoms with van der Waals surface area (Å²) in [5.41, 5.74) is 0.640. The van der Waals surface area contributed by atoms with E-state index >= 15 is 0 Å². The van der Waals surface area contributed by atoms with E-state index in [9.17, 15) is 4.79 Å². The van der Waals surface area contributed by atoms with E-state index < -0.39 is 0 Å². The fraction of sp³-hybridized carbons (Fsp3) is 0. The van der Waals surface area contributed by atoms with Crippen LogP contribution in [0.3, 0.4) is 0 Å². The van der Waals surface area contributed by atoms with Gasteiger partial charge in [0.15, 0.2) is 0 Å². The molecule has 50 valence electrons. The molecule has 1 aromatic rings. The summed E-state index contributed by atoms with van der Waals surface area (Å²) in [7, 11) is 0. The Kier molecular flexibility index (Phi) is 4.70. The van der Waals surface area contributed by atoms with Gasteiger partial charge >= 0.3 is 0 Å². The van der Waals surface area contributed by atoms with Crippen LogP contribution in [0, 0.1) is 0 Å². The zero-order valence-corrected chi connectivity index (χ0v) is 7.70. The fourth-order valence-corrected chi connectivity index (χ4v) is 0.730. The molecule has 3 heteroatoms. The average Bonchev–Trinajstić information content (AvgIpc) is 1.90. The van der Waals surface area contributed by atoms with E-state index in [1.165, 1.54) is 0 Å². The second kappa shape index (κ2) is 4.72. The van der Waals surface area contributed by atoms with Gasteiger partial charge in [-0.25, -0.2) is 0 Å². The van der Waals surface area contributed by atoms with Gasteiger partial charge in [-0.15, -0.1) is 12.6 Å². The van der Waals surface area contributed by atoms with Crippen LogP contribution < -0.4 is 0 Å². The van der Waals surface area contributed by atoms with Crippen molar-refractivity contribution in [3.63, 3.8) is 0 Å². The zero-order chi connectivity index (χ0) is 6.69. The van der Waals surface area contributed by atoms with Gasteiger partial charge in [0, 0.05) is 27.3 Å². The number of hydrogen-bond donors (Lipinski definition) is 1. The van der Waals surface area contributed by atoms with Crippen LogP contribution in [0.4, 0.5) is 0 Å². The summed E-state index contributed by atoms with van der Waals surface area (Å²) in [4.78, 5) is 10.5. The van der Waals surface area contributed by atoms with E-state index in [-0.39, 0.29) is 26.8 Å². The molecular weight excluding hydrogens is 180 g/mol. The largest absolute Gasteiger partial charge is 0.282 e. The van der Waals surface area contributed by atoms with Crippen LogP contribution in [0.1, 0.15) is 10.4 Å². The van der Waals surface area contributed by atoms with Crippen LogP contribution in [-0.2, 0) is 21.7 Å². The van der Waals surface area contributed by atoms with Gasteiger partial charge in [0.1, 0.15) is 0 Å². The molecular formula is C7H6OSTi. The fourth-order valence-electron chi connectivity index (χ4n) is 0.581. The molecule has 10 heavy (non-hydrogen) atoms. The molecule has 0 unspecified atom stereocenters. The average molecular weight is 186 g/mol. The summed E-state index contributed by atoms with van der Waals surface area (Å²) in [6.07, 6.45) is 0. The van der Waals surface area contributed by atoms with Gasteiger partial charge in [-0.1, -0.05) is 30.3 Å². The molecule has 0 saturated heterocycles. The molecule has 0 aliphatic rings. The molecule has 0 atom stereocenters. The first-order valence-electron chi connectivity index (χ1n) is 2.59. The zero-order valence-electron chi connectivity index (χ0n) is 5.24. The first-order chi connectivity index (χ1) is 4.30. The molecule has 0 bridgehead atoms. The summed E-state index contributed by atoms with van der Waals surface area (Å²) in [6, 6.07) is 8.94. The van der Waals surface area contributed by atoms with Gasteiger partial charge in [0.25, 0.3) is 0 Å². The van der Waals surface area contributed by atoms with Crippen LogP contribution in [0.15, 0.2) is 30.3 Å². The van der Waals surface area contributed by atoms with Gasteiger partial charge in [0.2, 0.25) is 5.12 Å². The Hall–Kier alpha value is -0.0457. The van der Waals surface area contributed by atoms with Crippen LogP contribution in [0.2, 0.25) is 0 Å². The third-order valence-electron chi connectivity index (χ3n) is 1.02. The minimum atomic E-state index is -0.185. The molecule has 1 nitrogen and oxygen atoms in total. The number of rotatable bonds is 1. The predicted octanol–water partition coefficient (Wildman–Crippen LogP) is 1.75. The first kappa shape index (κ1) is 9.95. The van der Waals surface area contributed by atoms with E-state index in [1.54, 1.807) is 12.1 Å². The summed E-state index contributed by atoms with van der Waals surface area (Å²) in [5, 5.41) is -0.185. The molecule has 0 spiro atoms. The van der Waals surface area contributed by atoms with Crippen molar-refractivity contribution < 1.29 is 26.5 Å². The molecule has 0 radical (unpaired) electrons. The number of hydrogen-bond acceptors (Lipinski definition) is 1. The molecule has 0 aliphatic heterocycles. The van der Waals surface area contributed by atoms with Crippen molar-refractivity contribution >= 4 is 17.7 Å². The van der Waals surface area contributed by atoms with Crippen LogP contribution in [0.25, 0.3) is 0 Å². The van der Waals surface area contributed by atoms with Crippen LogP contribution >= 0.6 is 12.6 Å².